The molecule has 2 aliphatic rings. The molecular weight excluding hydrogens is 320 g/mol. The van der Waals surface area contributed by atoms with E-state index in [2.05, 4.69) is 25.9 Å². The molecule has 1 unspecified atom stereocenters. The van der Waals surface area contributed by atoms with Gasteiger partial charge in [-0.05, 0) is 51.2 Å². The van der Waals surface area contributed by atoms with Crippen LogP contribution in [-0.2, 0) is 11.3 Å². The van der Waals surface area contributed by atoms with Crippen LogP contribution in [0.5, 0.6) is 0 Å². The number of piperidine rings is 1. The van der Waals surface area contributed by atoms with Crippen molar-refractivity contribution in [3.05, 3.63) is 11.1 Å². The molecule has 0 spiro atoms. The Morgan fingerprint density at radius 1 is 1.45 bits per heavy atom. The zero-order valence-corrected chi connectivity index (χ0v) is 14.6. The lowest BCUT2D eigenvalue weighted by Gasteiger charge is -2.34. The van der Waals surface area contributed by atoms with E-state index >= 15 is 0 Å². The van der Waals surface area contributed by atoms with Crippen LogP contribution in [0.25, 0.3) is 0 Å². The Labute approximate surface area is 142 Å². The third-order valence-electron chi connectivity index (χ3n) is 4.52. The van der Waals surface area contributed by atoms with Gasteiger partial charge in [0.15, 0.2) is 5.13 Å². The predicted molar refractivity (Wildman–Crippen MR) is 92.7 cm³/mol. The van der Waals surface area contributed by atoms with E-state index < -0.39 is 0 Å². The number of likely N-dealkylation sites (tertiary alicyclic amines) is 1. The van der Waals surface area contributed by atoms with Crippen LogP contribution in [0.2, 0.25) is 0 Å². The first-order valence-corrected chi connectivity index (χ1v) is 8.76. The molecule has 5 nitrogen and oxygen atoms in total. The fourth-order valence-corrected chi connectivity index (χ4v) is 4.19. The molecule has 1 aromatic heterocycles. The Bertz CT molecular complexity index is 482. The van der Waals surface area contributed by atoms with Gasteiger partial charge in [-0.1, -0.05) is 0 Å². The smallest absolute Gasteiger partial charge is 0.223 e. The monoisotopic (exact) mass is 344 g/mol. The number of carbonyl (C=O) groups is 1. The van der Waals surface area contributed by atoms with E-state index in [1.54, 1.807) is 0 Å². The summed E-state index contributed by atoms with van der Waals surface area (Å²) >= 11 is 1.51. The largest absolute Gasteiger partial charge is 0.314 e. The van der Waals surface area contributed by atoms with Crippen LogP contribution in [-0.4, -0.2) is 41.5 Å². The summed E-state index contributed by atoms with van der Waals surface area (Å²) in [5, 5.41) is 9.15. The van der Waals surface area contributed by atoms with E-state index in [-0.39, 0.29) is 18.3 Å². The van der Waals surface area contributed by atoms with Crippen molar-refractivity contribution in [3.63, 3.8) is 0 Å². The summed E-state index contributed by atoms with van der Waals surface area (Å²) in [4.78, 5) is 18.0. The maximum atomic E-state index is 11.0. The van der Waals surface area contributed by atoms with E-state index in [1.165, 1.54) is 50.5 Å². The topological polar surface area (TPSA) is 57.3 Å². The number of halogens is 1. The molecule has 22 heavy (non-hydrogen) atoms. The molecule has 2 aliphatic heterocycles. The summed E-state index contributed by atoms with van der Waals surface area (Å²) in [5.41, 5.74) is 1.07. The lowest BCUT2D eigenvalue weighted by molar-refractivity contribution is -0.114. The molecule has 3 rings (SSSR count). The molecule has 0 radical (unpaired) electrons. The zero-order chi connectivity index (χ0) is 14.7. The number of anilines is 1. The van der Waals surface area contributed by atoms with Gasteiger partial charge in [-0.2, -0.15) is 0 Å². The molecule has 7 heteroatoms. The van der Waals surface area contributed by atoms with Gasteiger partial charge in [0.05, 0.1) is 5.69 Å². The van der Waals surface area contributed by atoms with E-state index in [9.17, 15) is 4.79 Å². The van der Waals surface area contributed by atoms with Crippen LogP contribution in [0.1, 0.15) is 38.3 Å². The molecule has 1 atom stereocenters. The number of carbonyl (C=O) groups excluding carboxylic acids is 1. The fraction of sp³-hybridized carbons (Fsp3) is 0.733. The minimum absolute atomic E-state index is 0. The minimum atomic E-state index is -0.0548. The Morgan fingerprint density at radius 3 is 2.86 bits per heavy atom. The number of nitrogens with zero attached hydrogens (tertiary/aromatic N) is 2. The first-order valence-electron chi connectivity index (χ1n) is 7.88. The normalized spacial score (nSPS) is 23.2. The van der Waals surface area contributed by atoms with Gasteiger partial charge in [0.1, 0.15) is 0 Å². The second-order valence-electron chi connectivity index (χ2n) is 6.14. The van der Waals surface area contributed by atoms with Crippen molar-refractivity contribution in [2.75, 3.05) is 25.0 Å². The van der Waals surface area contributed by atoms with Crippen molar-refractivity contribution in [2.45, 2.75) is 45.2 Å². The number of hydrogen-bond acceptors (Lipinski definition) is 5. The van der Waals surface area contributed by atoms with E-state index in [4.69, 9.17) is 0 Å². The molecule has 3 heterocycles. The van der Waals surface area contributed by atoms with Gasteiger partial charge in [-0.15, -0.1) is 23.7 Å². The van der Waals surface area contributed by atoms with E-state index in [1.807, 2.05) is 0 Å². The highest BCUT2D eigenvalue weighted by Crippen LogP contribution is 2.26. The van der Waals surface area contributed by atoms with E-state index in [0.717, 1.165) is 37.3 Å². The van der Waals surface area contributed by atoms with Gasteiger partial charge in [-0.25, -0.2) is 4.98 Å². The summed E-state index contributed by atoms with van der Waals surface area (Å²) in [5.74, 6) is 0.801. The van der Waals surface area contributed by atoms with Crippen molar-refractivity contribution in [1.29, 1.82) is 0 Å². The highest BCUT2D eigenvalue weighted by Gasteiger charge is 2.28. The predicted octanol–water partition coefficient (Wildman–Crippen LogP) is 2.49. The average Bonchev–Trinajstić information content (AvgIpc) is 3.11. The summed E-state index contributed by atoms with van der Waals surface area (Å²) < 4.78 is 0. The van der Waals surface area contributed by atoms with E-state index in [0.29, 0.717) is 5.13 Å². The van der Waals surface area contributed by atoms with Crippen molar-refractivity contribution >= 4 is 34.8 Å². The number of nitrogens with one attached hydrogen (secondary N) is 2. The van der Waals surface area contributed by atoms with Gasteiger partial charge in [0.2, 0.25) is 5.91 Å². The molecular formula is C15H25ClN4OS. The second-order valence-corrected chi connectivity index (χ2v) is 7.00. The molecule has 1 amide bonds. The number of thiazole rings is 1. The first kappa shape index (κ1) is 17.7. The molecule has 124 valence electrons. The van der Waals surface area contributed by atoms with Crippen LogP contribution in [0.4, 0.5) is 5.13 Å². The summed E-state index contributed by atoms with van der Waals surface area (Å²) in [6.45, 7) is 5.95. The van der Waals surface area contributed by atoms with Crippen LogP contribution >= 0.6 is 23.7 Å². The molecule has 2 N–H and O–H groups in total. The average molecular weight is 345 g/mol. The standard InChI is InChI=1S/C15H24N4OS.ClH/c1-11(20)17-15-18-13(10-21-15)9-19-7-4-12(5-8-19)14-3-2-6-16-14;/h10,12,14,16H,2-9H2,1H3,(H,17,18,20);1H. The summed E-state index contributed by atoms with van der Waals surface area (Å²) in [7, 11) is 0. The van der Waals surface area contributed by atoms with Gasteiger partial charge >= 0.3 is 0 Å². The lowest BCUT2D eigenvalue weighted by atomic mass is 9.88. The molecule has 1 aromatic rings. The summed E-state index contributed by atoms with van der Waals surface area (Å²) in [6, 6.07) is 0.762. The van der Waals surface area contributed by atoms with Crippen LogP contribution in [0.15, 0.2) is 5.38 Å². The Balaban J connectivity index is 0.00000176. The number of rotatable bonds is 4. The Kier molecular flexibility index (Phi) is 6.62. The molecule has 0 saturated carbocycles. The third kappa shape index (κ3) is 4.65. The summed E-state index contributed by atoms with van der Waals surface area (Å²) in [6.07, 6.45) is 5.28. The first-order chi connectivity index (χ1) is 10.2. The molecule has 0 bridgehead atoms. The molecule has 0 aliphatic carbocycles. The Morgan fingerprint density at radius 2 is 2.23 bits per heavy atom. The van der Waals surface area contributed by atoms with Crippen molar-refractivity contribution in [3.8, 4) is 0 Å². The second kappa shape index (κ2) is 8.24. The van der Waals surface area contributed by atoms with Crippen molar-refractivity contribution < 1.29 is 4.79 Å². The van der Waals surface area contributed by atoms with Crippen molar-refractivity contribution in [1.82, 2.24) is 15.2 Å². The lowest BCUT2D eigenvalue weighted by Crippen LogP contribution is -2.40. The highest BCUT2D eigenvalue weighted by molar-refractivity contribution is 7.13. The number of aromatic nitrogens is 1. The SMILES string of the molecule is CC(=O)Nc1nc(CN2CCC(C3CCCN3)CC2)cs1.Cl. The maximum Gasteiger partial charge on any atom is 0.223 e. The van der Waals surface area contributed by atoms with Crippen LogP contribution < -0.4 is 10.6 Å². The fourth-order valence-electron chi connectivity index (χ4n) is 3.44. The quantitative estimate of drug-likeness (QED) is 0.881. The van der Waals surface area contributed by atoms with Crippen LogP contribution in [0, 0.1) is 5.92 Å². The van der Waals surface area contributed by atoms with Gasteiger partial charge < -0.3 is 10.6 Å². The zero-order valence-electron chi connectivity index (χ0n) is 13.0. The van der Waals surface area contributed by atoms with Gasteiger partial charge in [0.25, 0.3) is 0 Å². The Hall–Kier alpha value is -0.690. The third-order valence-corrected chi connectivity index (χ3v) is 5.33. The highest BCUT2D eigenvalue weighted by atomic mass is 35.5. The number of amides is 1. The molecule has 0 aromatic carbocycles. The number of hydrogen-bond donors (Lipinski definition) is 2. The van der Waals surface area contributed by atoms with Gasteiger partial charge in [0, 0.05) is 24.9 Å². The van der Waals surface area contributed by atoms with Crippen molar-refractivity contribution in [2.24, 2.45) is 5.92 Å². The van der Waals surface area contributed by atoms with Crippen LogP contribution in [0.3, 0.4) is 0 Å². The van der Waals surface area contributed by atoms with Gasteiger partial charge in [-0.3, -0.25) is 9.69 Å². The molecule has 2 fully saturated rings. The molecule has 2 saturated heterocycles. The minimum Gasteiger partial charge on any atom is -0.314 e. The maximum absolute atomic E-state index is 11.0.